The van der Waals surface area contributed by atoms with E-state index in [4.69, 9.17) is 9.47 Å². The van der Waals surface area contributed by atoms with E-state index in [2.05, 4.69) is 25.2 Å². The Kier molecular flexibility index (Phi) is 9.51. The number of carboxylic acids is 1. The lowest BCUT2D eigenvalue weighted by Crippen LogP contribution is -2.57. The highest BCUT2D eigenvalue weighted by molar-refractivity contribution is 6.01. The number of anilines is 1. The Morgan fingerprint density at radius 1 is 1.02 bits per heavy atom. The Hall–Kier alpha value is -4.72. The Morgan fingerprint density at radius 2 is 1.76 bits per heavy atom. The first-order valence-electron chi connectivity index (χ1n) is 18.9. The number of pyridine rings is 1. The van der Waals surface area contributed by atoms with Gasteiger partial charge in [-0.25, -0.2) is 19.7 Å². The van der Waals surface area contributed by atoms with Crippen LogP contribution in [0, 0.1) is 17.8 Å². The monoisotopic (exact) mass is 746 g/mol. The SMILES string of the molecule is CC1CC2CC(C1)C(NC(=O)c1ccc(-c3c(C4CCOCC4)n(C)c4cc(OC5CCN(c6ncccn6)CC5)ccc34)nc1C(F)(F)F)(C(=O)O)C2. The molecule has 4 aliphatic rings. The fourth-order valence-corrected chi connectivity index (χ4v) is 9.72. The van der Waals surface area contributed by atoms with Crippen LogP contribution < -0.4 is 15.0 Å². The van der Waals surface area contributed by atoms with Crippen molar-refractivity contribution in [3.05, 3.63) is 65.7 Å². The van der Waals surface area contributed by atoms with Gasteiger partial charge in [0.15, 0.2) is 5.69 Å². The van der Waals surface area contributed by atoms with Gasteiger partial charge in [-0.1, -0.05) is 6.92 Å². The quantitative estimate of drug-likeness (QED) is 0.196. The van der Waals surface area contributed by atoms with Gasteiger partial charge in [0, 0.05) is 87.2 Å². The average molecular weight is 747 g/mol. The van der Waals surface area contributed by atoms with Crippen LogP contribution >= 0.6 is 0 Å². The summed E-state index contributed by atoms with van der Waals surface area (Å²) in [5.74, 6) is -0.895. The van der Waals surface area contributed by atoms with Gasteiger partial charge in [0.25, 0.3) is 5.91 Å². The van der Waals surface area contributed by atoms with Crippen molar-refractivity contribution in [2.45, 2.75) is 82.0 Å². The van der Waals surface area contributed by atoms with Crippen LogP contribution in [0.15, 0.2) is 48.8 Å². The zero-order chi connectivity index (χ0) is 37.8. The number of aliphatic carboxylic acids is 1. The number of ether oxygens (including phenoxy) is 2. The standard InChI is InChI=1S/C40H45F3N6O5/c1-23-18-24-20-26(19-23)39(22-24,37(51)52)47-36(50)30-6-7-31(46-35(30)40(41,42)43)33-29-5-4-28(21-32(29)48(2)34(33)25-10-16-53-17-11-25)54-27-8-14-49(15-9-27)38-44-12-3-13-45-38/h3-7,12-13,21,23-27H,8-11,14-20,22H2,1-2H3,(H,47,50)(H,51,52). The molecule has 54 heavy (non-hydrogen) atoms. The molecule has 0 radical (unpaired) electrons. The predicted octanol–water partition coefficient (Wildman–Crippen LogP) is 7.00. The summed E-state index contributed by atoms with van der Waals surface area (Å²) in [6.07, 6.45) is 3.65. The van der Waals surface area contributed by atoms with Crippen molar-refractivity contribution < 1.29 is 37.3 Å². The van der Waals surface area contributed by atoms with Crippen molar-refractivity contribution in [3.8, 4) is 17.0 Å². The molecule has 286 valence electrons. The molecule has 5 heterocycles. The van der Waals surface area contributed by atoms with Crippen LogP contribution in [-0.4, -0.2) is 74.4 Å². The summed E-state index contributed by atoms with van der Waals surface area (Å²) < 4.78 is 58.8. The summed E-state index contributed by atoms with van der Waals surface area (Å²) in [6.45, 7) is 4.60. The van der Waals surface area contributed by atoms with E-state index in [0.29, 0.717) is 56.2 Å². The van der Waals surface area contributed by atoms with Gasteiger partial charge in [-0.15, -0.1) is 0 Å². The van der Waals surface area contributed by atoms with Gasteiger partial charge in [-0.3, -0.25) is 4.79 Å². The topological polar surface area (TPSA) is 132 Å². The molecule has 2 saturated carbocycles. The van der Waals surface area contributed by atoms with Gasteiger partial charge in [0.2, 0.25) is 5.95 Å². The van der Waals surface area contributed by atoms with Gasteiger partial charge < -0.3 is 29.4 Å². The highest BCUT2D eigenvalue weighted by Gasteiger charge is 2.56. The maximum atomic E-state index is 14.9. The van der Waals surface area contributed by atoms with Gasteiger partial charge in [-0.2, -0.15) is 13.2 Å². The van der Waals surface area contributed by atoms with E-state index in [1.807, 2.05) is 36.7 Å². The molecule has 2 aliphatic carbocycles. The molecule has 2 N–H and O–H groups in total. The highest BCUT2D eigenvalue weighted by Crippen LogP contribution is 2.51. The van der Waals surface area contributed by atoms with Crippen molar-refractivity contribution in [2.24, 2.45) is 24.8 Å². The molecule has 3 aromatic heterocycles. The number of aromatic nitrogens is 4. The van der Waals surface area contributed by atoms with Crippen molar-refractivity contribution in [2.75, 3.05) is 31.2 Å². The minimum Gasteiger partial charge on any atom is -0.490 e. The van der Waals surface area contributed by atoms with Crippen LogP contribution in [-0.2, 0) is 22.8 Å². The number of carbonyl (C=O) groups is 2. The molecule has 0 spiro atoms. The number of benzene rings is 1. The van der Waals surface area contributed by atoms with Crippen molar-refractivity contribution in [1.82, 2.24) is 24.8 Å². The van der Waals surface area contributed by atoms with Crippen LogP contribution in [0.5, 0.6) is 5.75 Å². The minimum absolute atomic E-state index is 0.00120. The molecule has 2 saturated heterocycles. The lowest BCUT2D eigenvalue weighted by atomic mass is 9.78. The number of piperidine rings is 1. The van der Waals surface area contributed by atoms with E-state index >= 15 is 0 Å². The van der Waals surface area contributed by atoms with Gasteiger partial charge in [0.1, 0.15) is 17.4 Å². The van der Waals surface area contributed by atoms with E-state index < -0.39 is 34.8 Å². The molecular weight excluding hydrogens is 701 g/mol. The molecule has 2 aliphatic heterocycles. The number of carboxylic acid groups (broad SMARTS) is 1. The smallest absolute Gasteiger partial charge is 0.434 e. The average Bonchev–Trinajstić information content (AvgIpc) is 3.60. The second-order valence-electron chi connectivity index (χ2n) is 15.6. The molecule has 4 aromatic rings. The van der Waals surface area contributed by atoms with Crippen LogP contribution in [0.1, 0.15) is 86.0 Å². The Labute approximate surface area is 311 Å². The number of fused-ring (bicyclic) bond motifs is 3. The summed E-state index contributed by atoms with van der Waals surface area (Å²) in [5, 5.41) is 13.7. The highest BCUT2D eigenvalue weighted by atomic mass is 19.4. The fourth-order valence-electron chi connectivity index (χ4n) is 9.72. The zero-order valence-electron chi connectivity index (χ0n) is 30.4. The van der Waals surface area contributed by atoms with Crippen LogP contribution in [0.2, 0.25) is 0 Å². The molecular formula is C40H45F3N6O5. The van der Waals surface area contributed by atoms with Crippen molar-refractivity contribution in [3.63, 3.8) is 0 Å². The van der Waals surface area contributed by atoms with E-state index in [0.717, 1.165) is 55.0 Å². The third-order valence-electron chi connectivity index (χ3n) is 12.1. The van der Waals surface area contributed by atoms with E-state index in [1.165, 1.54) is 6.07 Å². The molecule has 14 heteroatoms. The summed E-state index contributed by atoms with van der Waals surface area (Å²) in [6, 6.07) is 10.1. The van der Waals surface area contributed by atoms with Crippen LogP contribution in [0.25, 0.3) is 22.2 Å². The van der Waals surface area contributed by atoms with Gasteiger partial charge >= 0.3 is 12.1 Å². The number of aryl methyl sites for hydroxylation is 1. The van der Waals surface area contributed by atoms with Gasteiger partial charge in [0.05, 0.1) is 16.8 Å². The second-order valence-corrected chi connectivity index (χ2v) is 15.6. The number of nitrogens with one attached hydrogen (secondary N) is 1. The van der Waals surface area contributed by atoms with Crippen molar-refractivity contribution >= 4 is 28.7 Å². The Bertz CT molecular complexity index is 2040. The molecule has 1 amide bonds. The number of hydrogen-bond acceptors (Lipinski definition) is 8. The second kappa shape index (κ2) is 14.2. The lowest BCUT2D eigenvalue weighted by molar-refractivity contribution is -0.146. The maximum Gasteiger partial charge on any atom is 0.434 e. The van der Waals surface area contributed by atoms with E-state index in [1.54, 1.807) is 18.5 Å². The summed E-state index contributed by atoms with van der Waals surface area (Å²) >= 11 is 0. The third kappa shape index (κ3) is 6.66. The molecule has 8 rings (SSSR count). The predicted molar refractivity (Wildman–Crippen MR) is 194 cm³/mol. The minimum atomic E-state index is -4.98. The molecule has 4 unspecified atom stereocenters. The number of alkyl halides is 3. The first-order chi connectivity index (χ1) is 25.9. The lowest BCUT2D eigenvalue weighted by Gasteiger charge is -2.33. The number of hydrogen-bond donors (Lipinski definition) is 2. The molecule has 4 atom stereocenters. The fraction of sp³-hybridized carbons (Fsp3) is 0.525. The van der Waals surface area contributed by atoms with Crippen LogP contribution in [0.3, 0.4) is 0 Å². The molecule has 4 fully saturated rings. The summed E-state index contributed by atoms with van der Waals surface area (Å²) in [5.41, 5.74) is -1.34. The van der Waals surface area contributed by atoms with Gasteiger partial charge in [-0.05, 0) is 86.6 Å². The molecule has 1 aromatic carbocycles. The number of carbonyl (C=O) groups excluding carboxylic acids is 1. The first-order valence-corrected chi connectivity index (χ1v) is 18.9. The first kappa shape index (κ1) is 36.3. The van der Waals surface area contributed by atoms with Crippen LogP contribution in [0.4, 0.5) is 19.1 Å². The number of halogens is 3. The normalized spacial score (nSPS) is 25.2. The molecule has 11 nitrogen and oxygen atoms in total. The van der Waals surface area contributed by atoms with Crippen molar-refractivity contribution in [1.29, 1.82) is 0 Å². The summed E-state index contributed by atoms with van der Waals surface area (Å²) in [4.78, 5) is 41.5. The Balaban J connectivity index is 1.13. The molecule has 2 bridgehead atoms. The summed E-state index contributed by atoms with van der Waals surface area (Å²) in [7, 11) is 1.91. The largest absolute Gasteiger partial charge is 0.490 e. The third-order valence-corrected chi connectivity index (χ3v) is 12.1. The van der Waals surface area contributed by atoms with E-state index in [9.17, 15) is 27.9 Å². The Morgan fingerprint density at radius 3 is 2.46 bits per heavy atom. The number of rotatable bonds is 8. The number of nitrogens with zero attached hydrogens (tertiary/aromatic N) is 5. The zero-order valence-corrected chi connectivity index (χ0v) is 30.4. The van der Waals surface area contributed by atoms with E-state index in [-0.39, 0.29) is 41.9 Å². The maximum absolute atomic E-state index is 14.9. The number of amides is 1.